The summed E-state index contributed by atoms with van der Waals surface area (Å²) in [6.45, 7) is 11.9. The summed E-state index contributed by atoms with van der Waals surface area (Å²) in [6, 6.07) is 5.82. The molecule has 118 valence electrons. The predicted octanol–water partition coefficient (Wildman–Crippen LogP) is 2.96. The Morgan fingerprint density at radius 3 is 2.38 bits per heavy atom. The molecule has 0 aliphatic rings. The summed E-state index contributed by atoms with van der Waals surface area (Å²) in [5.41, 5.74) is 2.01. The van der Waals surface area contributed by atoms with E-state index >= 15 is 0 Å². The van der Waals surface area contributed by atoms with Crippen molar-refractivity contribution in [2.45, 2.75) is 59.2 Å². The maximum atomic E-state index is 12.1. The normalized spacial score (nSPS) is 14.4. The number of hydrogen-bond acceptors (Lipinski definition) is 3. The van der Waals surface area contributed by atoms with E-state index in [-0.39, 0.29) is 23.5 Å². The minimum absolute atomic E-state index is 0.000898. The fourth-order valence-corrected chi connectivity index (χ4v) is 2.21. The van der Waals surface area contributed by atoms with Gasteiger partial charge in [-0.15, -0.1) is 0 Å². The molecular formula is C17H28N2O2. The highest BCUT2D eigenvalue weighted by Crippen LogP contribution is 2.26. The lowest BCUT2D eigenvalue weighted by atomic mass is 10.0. The summed E-state index contributed by atoms with van der Waals surface area (Å²) in [4.78, 5) is 12.1. The van der Waals surface area contributed by atoms with Gasteiger partial charge in [0.1, 0.15) is 5.75 Å². The lowest BCUT2D eigenvalue weighted by Crippen LogP contribution is -2.50. The molecule has 1 amide bonds. The SMILES string of the molecule is COc1ccc(C)cc1C(C)NC(C)C(=O)NC(C)(C)C. The largest absolute Gasteiger partial charge is 0.496 e. The van der Waals surface area contributed by atoms with Crippen molar-refractivity contribution in [1.29, 1.82) is 0 Å². The lowest BCUT2D eigenvalue weighted by Gasteiger charge is -2.26. The molecule has 4 nitrogen and oxygen atoms in total. The molecule has 1 aromatic carbocycles. The second-order valence-corrected chi connectivity index (χ2v) is 6.59. The van der Waals surface area contributed by atoms with Gasteiger partial charge in [0.15, 0.2) is 0 Å². The second-order valence-electron chi connectivity index (χ2n) is 6.59. The van der Waals surface area contributed by atoms with Gasteiger partial charge in [0.25, 0.3) is 0 Å². The van der Waals surface area contributed by atoms with Crippen LogP contribution in [0.3, 0.4) is 0 Å². The van der Waals surface area contributed by atoms with E-state index in [2.05, 4.69) is 16.7 Å². The van der Waals surface area contributed by atoms with Crippen molar-refractivity contribution >= 4 is 5.91 Å². The monoisotopic (exact) mass is 292 g/mol. The number of rotatable bonds is 5. The standard InChI is InChI=1S/C17H28N2O2/c1-11-8-9-15(21-7)14(10-11)12(2)18-13(3)16(20)19-17(4,5)6/h8-10,12-13,18H,1-7H3,(H,19,20). The second kappa shape index (κ2) is 6.94. The van der Waals surface area contributed by atoms with Gasteiger partial charge in [-0.3, -0.25) is 10.1 Å². The molecular weight excluding hydrogens is 264 g/mol. The summed E-state index contributed by atoms with van der Waals surface area (Å²) in [6.07, 6.45) is 0. The Bertz CT molecular complexity index is 492. The van der Waals surface area contributed by atoms with Crippen molar-refractivity contribution in [1.82, 2.24) is 10.6 Å². The summed E-state index contributed by atoms with van der Waals surface area (Å²) < 4.78 is 5.40. The van der Waals surface area contributed by atoms with Gasteiger partial charge >= 0.3 is 0 Å². The maximum absolute atomic E-state index is 12.1. The zero-order valence-electron chi connectivity index (χ0n) is 14.2. The summed E-state index contributed by atoms with van der Waals surface area (Å²) in [5, 5.41) is 6.31. The van der Waals surface area contributed by atoms with Crippen molar-refractivity contribution in [2.24, 2.45) is 0 Å². The molecule has 0 aromatic heterocycles. The van der Waals surface area contributed by atoms with Crippen molar-refractivity contribution < 1.29 is 9.53 Å². The Hall–Kier alpha value is -1.55. The van der Waals surface area contributed by atoms with Crippen LogP contribution in [0.4, 0.5) is 0 Å². The zero-order chi connectivity index (χ0) is 16.2. The smallest absolute Gasteiger partial charge is 0.237 e. The Balaban J connectivity index is 2.79. The predicted molar refractivity (Wildman–Crippen MR) is 86.6 cm³/mol. The molecule has 0 bridgehead atoms. The fourth-order valence-electron chi connectivity index (χ4n) is 2.21. The van der Waals surface area contributed by atoms with E-state index in [1.807, 2.05) is 53.7 Å². The van der Waals surface area contributed by atoms with Crippen LogP contribution in [0.25, 0.3) is 0 Å². The highest BCUT2D eigenvalue weighted by atomic mass is 16.5. The summed E-state index contributed by atoms with van der Waals surface area (Å²) in [5.74, 6) is 0.838. The van der Waals surface area contributed by atoms with Gasteiger partial charge in [0, 0.05) is 17.1 Å². The minimum atomic E-state index is -0.274. The van der Waals surface area contributed by atoms with Crippen LogP contribution in [0, 0.1) is 6.92 Å². The number of methoxy groups -OCH3 is 1. The van der Waals surface area contributed by atoms with Crippen LogP contribution in [-0.2, 0) is 4.79 Å². The first-order chi connectivity index (χ1) is 9.64. The molecule has 0 heterocycles. The Labute approximate surface area is 128 Å². The van der Waals surface area contributed by atoms with Gasteiger partial charge in [0.05, 0.1) is 13.2 Å². The molecule has 21 heavy (non-hydrogen) atoms. The zero-order valence-corrected chi connectivity index (χ0v) is 14.2. The number of amides is 1. The fraction of sp³-hybridized carbons (Fsp3) is 0.588. The Morgan fingerprint density at radius 1 is 1.24 bits per heavy atom. The molecule has 0 spiro atoms. The molecule has 4 heteroatoms. The molecule has 2 unspecified atom stereocenters. The van der Waals surface area contributed by atoms with Gasteiger partial charge in [-0.05, 0) is 47.6 Å². The van der Waals surface area contributed by atoms with Gasteiger partial charge < -0.3 is 10.1 Å². The number of carbonyl (C=O) groups is 1. The number of benzene rings is 1. The van der Waals surface area contributed by atoms with E-state index in [0.29, 0.717) is 0 Å². The van der Waals surface area contributed by atoms with Crippen LogP contribution in [0.1, 0.15) is 51.8 Å². The molecule has 0 saturated carbocycles. The van der Waals surface area contributed by atoms with Gasteiger partial charge in [-0.1, -0.05) is 17.7 Å². The molecule has 0 radical (unpaired) electrons. The lowest BCUT2D eigenvalue weighted by molar-refractivity contribution is -0.124. The van der Waals surface area contributed by atoms with Crippen LogP contribution < -0.4 is 15.4 Å². The van der Waals surface area contributed by atoms with E-state index < -0.39 is 0 Å². The van der Waals surface area contributed by atoms with Crippen LogP contribution >= 0.6 is 0 Å². The number of hydrogen-bond donors (Lipinski definition) is 2. The summed E-state index contributed by atoms with van der Waals surface area (Å²) in [7, 11) is 1.66. The van der Waals surface area contributed by atoms with E-state index in [1.165, 1.54) is 5.56 Å². The van der Waals surface area contributed by atoms with Crippen LogP contribution in [0.15, 0.2) is 18.2 Å². The van der Waals surface area contributed by atoms with Crippen LogP contribution in [-0.4, -0.2) is 24.6 Å². The quantitative estimate of drug-likeness (QED) is 0.877. The van der Waals surface area contributed by atoms with Crippen molar-refractivity contribution in [2.75, 3.05) is 7.11 Å². The van der Waals surface area contributed by atoms with Crippen LogP contribution in [0.5, 0.6) is 5.75 Å². The first kappa shape index (κ1) is 17.5. The van der Waals surface area contributed by atoms with Crippen molar-refractivity contribution in [3.05, 3.63) is 29.3 Å². The average molecular weight is 292 g/mol. The van der Waals surface area contributed by atoms with Crippen LogP contribution in [0.2, 0.25) is 0 Å². The molecule has 0 fully saturated rings. The van der Waals surface area contributed by atoms with E-state index in [4.69, 9.17) is 4.74 Å². The molecule has 1 aromatic rings. The number of aryl methyl sites for hydroxylation is 1. The number of carbonyl (C=O) groups excluding carboxylic acids is 1. The average Bonchev–Trinajstić information content (AvgIpc) is 2.36. The molecule has 1 rings (SSSR count). The third-order valence-corrected chi connectivity index (χ3v) is 3.24. The van der Waals surface area contributed by atoms with E-state index in [0.717, 1.165) is 11.3 Å². The summed E-state index contributed by atoms with van der Waals surface area (Å²) >= 11 is 0. The Morgan fingerprint density at radius 2 is 1.86 bits per heavy atom. The molecule has 2 atom stereocenters. The Kier molecular flexibility index (Phi) is 5.78. The highest BCUT2D eigenvalue weighted by Gasteiger charge is 2.22. The van der Waals surface area contributed by atoms with Gasteiger partial charge in [-0.25, -0.2) is 0 Å². The third-order valence-electron chi connectivity index (χ3n) is 3.24. The number of nitrogens with one attached hydrogen (secondary N) is 2. The molecule has 0 saturated heterocycles. The van der Waals surface area contributed by atoms with E-state index in [1.54, 1.807) is 7.11 Å². The first-order valence-corrected chi connectivity index (χ1v) is 7.36. The maximum Gasteiger partial charge on any atom is 0.237 e. The van der Waals surface area contributed by atoms with Crippen molar-refractivity contribution in [3.63, 3.8) is 0 Å². The first-order valence-electron chi connectivity index (χ1n) is 7.36. The molecule has 0 aliphatic carbocycles. The van der Waals surface area contributed by atoms with Crippen molar-refractivity contribution in [3.8, 4) is 5.75 Å². The van der Waals surface area contributed by atoms with Gasteiger partial charge in [0.2, 0.25) is 5.91 Å². The molecule has 2 N–H and O–H groups in total. The van der Waals surface area contributed by atoms with Gasteiger partial charge in [-0.2, -0.15) is 0 Å². The minimum Gasteiger partial charge on any atom is -0.496 e. The van der Waals surface area contributed by atoms with E-state index in [9.17, 15) is 4.79 Å². The third kappa shape index (κ3) is 5.38. The topological polar surface area (TPSA) is 50.4 Å². The number of ether oxygens (including phenoxy) is 1. The highest BCUT2D eigenvalue weighted by molar-refractivity contribution is 5.82. The molecule has 0 aliphatic heterocycles.